The molecule has 9 nitrogen and oxygen atoms in total. The number of pyridine rings is 1. The van der Waals surface area contributed by atoms with E-state index in [1.807, 2.05) is 30.3 Å². The van der Waals surface area contributed by atoms with Gasteiger partial charge in [0.2, 0.25) is 0 Å². The van der Waals surface area contributed by atoms with Gasteiger partial charge >= 0.3 is 0 Å². The molecule has 0 aliphatic carbocycles. The fourth-order valence-corrected chi connectivity index (χ4v) is 5.58. The number of amides is 1. The molecular weight excluding hydrogens is 553 g/mol. The van der Waals surface area contributed by atoms with Crippen LogP contribution in [0.4, 0.5) is 5.69 Å². The highest BCUT2D eigenvalue weighted by Crippen LogP contribution is 2.45. The quantitative estimate of drug-likeness (QED) is 0.416. The number of aromatic nitrogens is 1. The van der Waals surface area contributed by atoms with Gasteiger partial charge in [-0.15, -0.1) is 0 Å². The van der Waals surface area contributed by atoms with E-state index in [4.69, 9.17) is 42.4 Å². The summed E-state index contributed by atoms with van der Waals surface area (Å²) in [5.41, 5.74) is 4.20. The second kappa shape index (κ2) is 12.4. The summed E-state index contributed by atoms with van der Waals surface area (Å²) in [4.78, 5) is 27.1. The lowest BCUT2D eigenvalue weighted by Gasteiger charge is -2.36. The maximum absolute atomic E-state index is 13.1. The predicted octanol–water partition coefficient (Wildman–Crippen LogP) is 4.53. The number of hydrogen-bond acceptors (Lipinski definition) is 8. The monoisotopic (exact) mass is 583 g/mol. The van der Waals surface area contributed by atoms with Crippen molar-refractivity contribution in [2.24, 2.45) is 4.99 Å². The summed E-state index contributed by atoms with van der Waals surface area (Å²) in [6.45, 7) is 5.88. The zero-order valence-corrected chi connectivity index (χ0v) is 24.2. The molecule has 1 saturated heterocycles. The number of benzene rings is 2. The van der Waals surface area contributed by atoms with Crippen molar-refractivity contribution in [1.29, 1.82) is 0 Å². The van der Waals surface area contributed by atoms with Crippen molar-refractivity contribution < 1.29 is 19.0 Å². The molecule has 210 valence electrons. The molecule has 0 spiro atoms. The molecule has 0 bridgehead atoms. The van der Waals surface area contributed by atoms with Crippen LogP contribution in [0, 0.1) is 0 Å². The largest absolute Gasteiger partial charge is 0.495 e. The van der Waals surface area contributed by atoms with Crippen molar-refractivity contribution in [3.05, 3.63) is 69.3 Å². The normalized spacial score (nSPS) is 15.0. The average molecular weight is 585 g/mol. The van der Waals surface area contributed by atoms with Crippen LogP contribution in [0.15, 0.2) is 47.5 Å². The summed E-state index contributed by atoms with van der Waals surface area (Å²) < 4.78 is 15.9. The number of halogens is 2. The lowest BCUT2D eigenvalue weighted by molar-refractivity contribution is 0.0977. The first kappa shape index (κ1) is 28.2. The number of methoxy groups -OCH3 is 3. The Morgan fingerprint density at radius 1 is 0.950 bits per heavy atom. The molecule has 2 aromatic carbocycles. The van der Waals surface area contributed by atoms with Crippen molar-refractivity contribution in [2.45, 2.75) is 6.54 Å². The summed E-state index contributed by atoms with van der Waals surface area (Å²) in [7, 11) is 4.78. The van der Waals surface area contributed by atoms with Gasteiger partial charge in [0.1, 0.15) is 17.3 Å². The molecule has 0 unspecified atom stereocenters. The van der Waals surface area contributed by atoms with Gasteiger partial charge < -0.3 is 24.4 Å². The van der Waals surface area contributed by atoms with Crippen LogP contribution in [0.2, 0.25) is 10.0 Å². The van der Waals surface area contributed by atoms with E-state index in [1.54, 1.807) is 19.2 Å². The molecule has 5 rings (SSSR count). The van der Waals surface area contributed by atoms with Gasteiger partial charge in [0.15, 0.2) is 0 Å². The van der Waals surface area contributed by atoms with Crippen molar-refractivity contribution in [3.63, 3.8) is 0 Å². The Morgan fingerprint density at radius 3 is 2.25 bits per heavy atom. The smallest absolute Gasteiger partial charge is 0.256 e. The van der Waals surface area contributed by atoms with Crippen LogP contribution in [-0.4, -0.2) is 82.3 Å². The average Bonchev–Trinajstić information content (AvgIpc) is 3.38. The van der Waals surface area contributed by atoms with Crippen molar-refractivity contribution in [1.82, 2.24) is 15.2 Å². The van der Waals surface area contributed by atoms with E-state index >= 15 is 0 Å². The van der Waals surface area contributed by atoms with E-state index in [0.29, 0.717) is 56.4 Å². The third-order valence-electron chi connectivity index (χ3n) is 7.16. The van der Waals surface area contributed by atoms with E-state index in [0.717, 1.165) is 50.6 Å². The predicted molar refractivity (Wildman–Crippen MR) is 157 cm³/mol. The lowest BCUT2D eigenvalue weighted by atomic mass is 10.1. The molecule has 0 radical (unpaired) electrons. The molecule has 0 saturated carbocycles. The Labute approximate surface area is 243 Å². The molecular formula is C29H31Cl2N5O4. The third-order valence-corrected chi connectivity index (χ3v) is 7.91. The standard InChI is InChI=1S/C29H31Cl2N5O4/c1-38-15-14-35-10-12-36(13-11-35)19-6-4-18(5-7-19)29(37)34-28-20-8-9-21(33-22(20)17-32-28)25-26(30)23(39-2)16-24(40-3)27(25)31/h4-9,16H,10-15,17H2,1-3H3,(H,32,34,37). The maximum atomic E-state index is 13.1. The molecule has 2 aliphatic heterocycles. The zero-order valence-electron chi connectivity index (χ0n) is 22.7. The van der Waals surface area contributed by atoms with Crippen LogP contribution in [0.1, 0.15) is 21.6 Å². The van der Waals surface area contributed by atoms with Gasteiger partial charge in [0.05, 0.1) is 48.8 Å². The molecule has 3 aromatic rings. The van der Waals surface area contributed by atoms with Gasteiger partial charge in [-0.3, -0.25) is 14.7 Å². The summed E-state index contributed by atoms with van der Waals surface area (Å²) in [6, 6.07) is 13.0. The first-order valence-electron chi connectivity index (χ1n) is 13.0. The number of piperazine rings is 1. The van der Waals surface area contributed by atoms with Crippen molar-refractivity contribution in [3.8, 4) is 22.8 Å². The SMILES string of the molecule is COCCN1CCN(c2ccc(C(=O)NC3=NCc4nc(-c5c(Cl)c(OC)cc(OC)c5Cl)ccc43)cc2)CC1. The number of nitrogens with one attached hydrogen (secondary N) is 1. The lowest BCUT2D eigenvalue weighted by Crippen LogP contribution is -2.47. The molecule has 1 fully saturated rings. The van der Waals surface area contributed by atoms with Gasteiger partial charge in [-0.2, -0.15) is 0 Å². The second-order valence-electron chi connectivity index (χ2n) is 9.46. The molecule has 1 aromatic heterocycles. The highest BCUT2D eigenvalue weighted by molar-refractivity contribution is 6.41. The van der Waals surface area contributed by atoms with Crippen LogP contribution >= 0.6 is 23.2 Å². The highest BCUT2D eigenvalue weighted by atomic mass is 35.5. The zero-order chi connectivity index (χ0) is 28.2. The Kier molecular flexibility index (Phi) is 8.75. The number of carbonyl (C=O) groups is 1. The summed E-state index contributed by atoms with van der Waals surface area (Å²) in [5, 5.41) is 3.62. The van der Waals surface area contributed by atoms with Gasteiger partial charge in [-0.25, -0.2) is 4.98 Å². The van der Waals surface area contributed by atoms with E-state index in [9.17, 15) is 4.79 Å². The Balaban J connectivity index is 1.26. The van der Waals surface area contributed by atoms with Gasteiger partial charge in [0, 0.05) is 68.3 Å². The van der Waals surface area contributed by atoms with Crippen LogP contribution in [-0.2, 0) is 11.3 Å². The molecule has 0 atom stereocenters. The molecule has 11 heteroatoms. The van der Waals surface area contributed by atoms with Crippen molar-refractivity contribution >= 4 is 40.6 Å². The summed E-state index contributed by atoms with van der Waals surface area (Å²) in [5.74, 6) is 1.12. The van der Waals surface area contributed by atoms with E-state index in [2.05, 4.69) is 20.1 Å². The van der Waals surface area contributed by atoms with Gasteiger partial charge in [0.25, 0.3) is 5.91 Å². The Morgan fingerprint density at radius 2 is 1.62 bits per heavy atom. The van der Waals surface area contributed by atoms with Crippen LogP contribution < -0.4 is 19.7 Å². The molecule has 40 heavy (non-hydrogen) atoms. The Bertz CT molecular complexity index is 1390. The van der Waals surface area contributed by atoms with Crippen molar-refractivity contribution in [2.75, 3.05) is 65.6 Å². The minimum Gasteiger partial charge on any atom is -0.495 e. The number of rotatable bonds is 8. The number of nitrogens with zero attached hydrogens (tertiary/aromatic N) is 4. The minimum absolute atomic E-state index is 0.227. The van der Waals surface area contributed by atoms with Crippen LogP contribution in [0.25, 0.3) is 11.3 Å². The number of carbonyl (C=O) groups excluding carboxylic acids is 1. The van der Waals surface area contributed by atoms with E-state index in [1.165, 1.54) is 14.2 Å². The molecule has 2 aliphatic rings. The number of aliphatic imine (C=N–C) groups is 1. The van der Waals surface area contributed by atoms with Gasteiger partial charge in [-0.05, 0) is 36.4 Å². The Hall–Kier alpha value is -3.37. The number of amidine groups is 1. The topological polar surface area (TPSA) is 88.5 Å². The van der Waals surface area contributed by atoms with E-state index in [-0.39, 0.29) is 5.91 Å². The highest BCUT2D eigenvalue weighted by Gasteiger charge is 2.24. The molecule has 1 amide bonds. The molecule has 3 heterocycles. The fraction of sp³-hybridized carbons (Fsp3) is 0.345. The number of hydrogen-bond donors (Lipinski definition) is 1. The van der Waals surface area contributed by atoms with Crippen LogP contribution in [0.3, 0.4) is 0 Å². The number of anilines is 1. The van der Waals surface area contributed by atoms with Gasteiger partial charge in [-0.1, -0.05) is 23.2 Å². The van der Waals surface area contributed by atoms with E-state index < -0.39 is 0 Å². The number of fused-ring (bicyclic) bond motifs is 1. The summed E-state index contributed by atoms with van der Waals surface area (Å²) >= 11 is 13.2. The first-order chi connectivity index (χ1) is 19.4. The molecule has 1 N–H and O–H groups in total. The van der Waals surface area contributed by atoms with Crippen LogP contribution in [0.5, 0.6) is 11.5 Å². The third kappa shape index (κ3) is 5.74. The minimum atomic E-state index is -0.227. The summed E-state index contributed by atoms with van der Waals surface area (Å²) in [6.07, 6.45) is 0. The fourth-order valence-electron chi connectivity index (χ4n) is 4.89. The second-order valence-corrected chi connectivity index (χ2v) is 10.2. The first-order valence-corrected chi connectivity index (χ1v) is 13.7. The number of ether oxygens (including phenoxy) is 3. The maximum Gasteiger partial charge on any atom is 0.256 e.